The van der Waals surface area contributed by atoms with E-state index in [1.165, 1.54) is 0 Å². The molecule has 1 unspecified atom stereocenters. The van der Waals surface area contributed by atoms with Gasteiger partial charge >= 0.3 is 0 Å². The van der Waals surface area contributed by atoms with Crippen molar-refractivity contribution in [2.75, 3.05) is 20.8 Å². The summed E-state index contributed by atoms with van der Waals surface area (Å²) in [5.41, 5.74) is 7.93. The predicted molar refractivity (Wildman–Crippen MR) is 82.6 cm³/mol. The minimum Gasteiger partial charge on any atom is -0.493 e. The minimum absolute atomic E-state index is 0.176. The van der Waals surface area contributed by atoms with Gasteiger partial charge in [0.1, 0.15) is 0 Å². The molecule has 0 aromatic heterocycles. The fraction of sp³-hybridized carbons (Fsp3) is 0.294. The van der Waals surface area contributed by atoms with E-state index < -0.39 is 0 Å². The minimum atomic E-state index is -0.176. The van der Waals surface area contributed by atoms with Crippen molar-refractivity contribution in [3.05, 3.63) is 59.7 Å². The van der Waals surface area contributed by atoms with Crippen molar-refractivity contribution in [1.82, 2.24) is 0 Å². The molecule has 0 aliphatic carbocycles. The van der Waals surface area contributed by atoms with Crippen LogP contribution in [0, 0.1) is 0 Å². The Morgan fingerprint density at radius 1 is 0.952 bits per heavy atom. The highest BCUT2D eigenvalue weighted by atomic mass is 16.5. The van der Waals surface area contributed by atoms with Crippen LogP contribution in [0.1, 0.15) is 17.2 Å². The number of rotatable bonds is 7. The molecule has 4 nitrogen and oxygen atoms in total. The van der Waals surface area contributed by atoms with Gasteiger partial charge in [0.2, 0.25) is 0 Å². The summed E-state index contributed by atoms with van der Waals surface area (Å²) < 4.78 is 16.5. The van der Waals surface area contributed by atoms with Crippen molar-refractivity contribution in [1.29, 1.82) is 0 Å². The molecule has 2 rings (SSSR count). The largest absolute Gasteiger partial charge is 0.493 e. The molecule has 2 aromatic rings. The highest BCUT2D eigenvalue weighted by Crippen LogP contribution is 2.31. The summed E-state index contributed by atoms with van der Waals surface area (Å²) in [7, 11) is 3.23. The molecule has 2 aromatic carbocycles. The third-order valence-corrected chi connectivity index (χ3v) is 3.29. The van der Waals surface area contributed by atoms with Crippen LogP contribution in [-0.2, 0) is 11.3 Å². The van der Waals surface area contributed by atoms with Gasteiger partial charge in [-0.1, -0.05) is 36.4 Å². The van der Waals surface area contributed by atoms with Gasteiger partial charge in [-0.15, -0.1) is 0 Å². The molecule has 0 spiro atoms. The summed E-state index contributed by atoms with van der Waals surface area (Å²) in [6.45, 7) is 0.930. The van der Waals surface area contributed by atoms with Crippen molar-refractivity contribution in [2.45, 2.75) is 12.7 Å². The molecule has 0 saturated heterocycles. The number of benzene rings is 2. The van der Waals surface area contributed by atoms with E-state index in [1.54, 1.807) is 14.2 Å². The lowest BCUT2D eigenvalue weighted by molar-refractivity contribution is 0.0455. The molecule has 2 N–H and O–H groups in total. The second kappa shape index (κ2) is 7.67. The van der Waals surface area contributed by atoms with Crippen LogP contribution in [0.25, 0.3) is 0 Å². The van der Waals surface area contributed by atoms with Gasteiger partial charge in [0.25, 0.3) is 0 Å². The van der Waals surface area contributed by atoms with Crippen LogP contribution >= 0.6 is 0 Å². The van der Waals surface area contributed by atoms with Crippen LogP contribution in [0.4, 0.5) is 0 Å². The smallest absolute Gasteiger partial charge is 0.161 e. The summed E-state index contributed by atoms with van der Waals surface area (Å²) >= 11 is 0. The Bertz CT molecular complexity index is 557. The Morgan fingerprint density at radius 2 is 1.67 bits per heavy atom. The average molecular weight is 287 g/mol. The van der Waals surface area contributed by atoms with Crippen molar-refractivity contribution in [3.8, 4) is 11.5 Å². The van der Waals surface area contributed by atoms with Crippen LogP contribution in [-0.4, -0.2) is 20.8 Å². The fourth-order valence-corrected chi connectivity index (χ4v) is 2.12. The van der Waals surface area contributed by atoms with Gasteiger partial charge < -0.3 is 19.9 Å². The molecule has 1 atom stereocenters. The van der Waals surface area contributed by atoms with Crippen LogP contribution in [0.5, 0.6) is 11.5 Å². The molecule has 4 heteroatoms. The molecular weight excluding hydrogens is 266 g/mol. The van der Waals surface area contributed by atoms with Crippen molar-refractivity contribution < 1.29 is 14.2 Å². The number of hydrogen-bond acceptors (Lipinski definition) is 4. The molecule has 0 amide bonds. The zero-order valence-electron chi connectivity index (χ0n) is 12.4. The molecule has 21 heavy (non-hydrogen) atoms. The quantitative estimate of drug-likeness (QED) is 0.850. The summed E-state index contributed by atoms with van der Waals surface area (Å²) in [4.78, 5) is 0. The molecule has 0 bridgehead atoms. The molecule has 0 aliphatic heterocycles. The van der Waals surface area contributed by atoms with E-state index in [2.05, 4.69) is 0 Å². The van der Waals surface area contributed by atoms with Gasteiger partial charge in [-0.3, -0.25) is 0 Å². The van der Waals surface area contributed by atoms with E-state index >= 15 is 0 Å². The maximum Gasteiger partial charge on any atom is 0.161 e. The number of hydrogen-bond donors (Lipinski definition) is 1. The first-order valence-electron chi connectivity index (χ1n) is 6.86. The highest BCUT2D eigenvalue weighted by molar-refractivity contribution is 5.43. The zero-order chi connectivity index (χ0) is 15.1. The van der Waals surface area contributed by atoms with E-state index in [1.807, 2.05) is 48.5 Å². The molecule has 0 aliphatic rings. The third-order valence-electron chi connectivity index (χ3n) is 3.29. The highest BCUT2D eigenvalue weighted by Gasteiger charge is 2.13. The number of ether oxygens (including phenoxy) is 3. The van der Waals surface area contributed by atoms with Gasteiger partial charge in [-0.25, -0.2) is 0 Å². The van der Waals surface area contributed by atoms with Gasteiger partial charge in [0.15, 0.2) is 11.5 Å². The van der Waals surface area contributed by atoms with Crippen LogP contribution in [0.3, 0.4) is 0 Å². The maximum absolute atomic E-state index is 5.92. The first-order chi connectivity index (χ1) is 10.3. The maximum atomic E-state index is 5.92. The second-order valence-corrected chi connectivity index (χ2v) is 4.64. The monoisotopic (exact) mass is 287 g/mol. The van der Waals surface area contributed by atoms with E-state index in [9.17, 15) is 0 Å². The third kappa shape index (κ3) is 3.97. The molecule has 0 radical (unpaired) electrons. The molecule has 112 valence electrons. The van der Waals surface area contributed by atoms with E-state index in [-0.39, 0.29) is 6.10 Å². The van der Waals surface area contributed by atoms with E-state index in [0.717, 1.165) is 11.1 Å². The van der Waals surface area contributed by atoms with Crippen molar-refractivity contribution in [2.24, 2.45) is 5.73 Å². The molecule has 0 fully saturated rings. The Kier molecular flexibility index (Phi) is 5.60. The Labute approximate surface area is 125 Å². The standard InChI is InChI=1S/C17H21NO3/c1-19-15-9-8-14(10-16(15)20-2)17(11-18)21-12-13-6-4-3-5-7-13/h3-10,17H,11-12,18H2,1-2H3. The summed E-state index contributed by atoms with van der Waals surface area (Å²) in [5.74, 6) is 1.37. The SMILES string of the molecule is COc1ccc(C(CN)OCc2ccccc2)cc1OC. The lowest BCUT2D eigenvalue weighted by Gasteiger charge is -2.18. The van der Waals surface area contributed by atoms with Gasteiger partial charge in [-0.2, -0.15) is 0 Å². The Morgan fingerprint density at radius 3 is 2.29 bits per heavy atom. The second-order valence-electron chi connectivity index (χ2n) is 4.64. The first kappa shape index (κ1) is 15.4. The average Bonchev–Trinajstić information content (AvgIpc) is 2.56. The lowest BCUT2D eigenvalue weighted by Crippen LogP contribution is -2.16. The van der Waals surface area contributed by atoms with Crippen LogP contribution < -0.4 is 15.2 Å². The normalized spacial score (nSPS) is 12.0. The summed E-state index contributed by atoms with van der Waals surface area (Å²) in [6, 6.07) is 15.7. The van der Waals surface area contributed by atoms with Gasteiger partial charge in [0.05, 0.1) is 26.9 Å². The topological polar surface area (TPSA) is 53.7 Å². The van der Waals surface area contributed by atoms with E-state index in [4.69, 9.17) is 19.9 Å². The Balaban J connectivity index is 2.10. The van der Waals surface area contributed by atoms with Gasteiger partial charge in [-0.05, 0) is 23.3 Å². The summed E-state index contributed by atoms with van der Waals surface area (Å²) in [6.07, 6.45) is -0.176. The van der Waals surface area contributed by atoms with E-state index in [0.29, 0.717) is 24.7 Å². The fourth-order valence-electron chi connectivity index (χ4n) is 2.12. The van der Waals surface area contributed by atoms with Crippen LogP contribution in [0.15, 0.2) is 48.5 Å². The van der Waals surface area contributed by atoms with Gasteiger partial charge in [0, 0.05) is 6.54 Å². The first-order valence-corrected chi connectivity index (χ1v) is 6.86. The predicted octanol–water partition coefficient (Wildman–Crippen LogP) is 2.92. The summed E-state index contributed by atoms with van der Waals surface area (Å²) in [5, 5.41) is 0. The number of nitrogens with two attached hydrogens (primary N) is 1. The number of methoxy groups -OCH3 is 2. The van der Waals surface area contributed by atoms with Crippen molar-refractivity contribution >= 4 is 0 Å². The molecule has 0 saturated carbocycles. The molecular formula is C17H21NO3. The van der Waals surface area contributed by atoms with Crippen LogP contribution in [0.2, 0.25) is 0 Å². The molecule has 0 heterocycles. The van der Waals surface area contributed by atoms with Crippen molar-refractivity contribution in [3.63, 3.8) is 0 Å². The lowest BCUT2D eigenvalue weighted by atomic mass is 10.1. The Hall–Kier alpha value is -2.04. The zero-order valence-corrected chi connectivity index (χ0v) is 12.4.